The number of rotatable bonds is 13. The monoisotopic (exact) mass is 552 g/mol. The van der Waals surface area contributed by atoms with Gasteiger partial charge in [0.05, 0.1) is 12.0 Å². The Labute approximate surface area is 230 Å². The predicted octanol–water partition coefficient (Wildman–Crippen LogP) is 9.32. The second-order valence-electron chi connectivity index (χ2n) is 9.54. The van der Waals surface area contributed by atoms with Crippen LogP contribution in [0.5, 0.6) is 11.5 Å². The van der Waals surface area contributed by atoms with Crippen LogP contribution in [0.4, 0.5) is 0 Å². The molecule has 0 radical (unpaired) electrons. The van der Waals surface area contributed by atoms with Gasteiger partial charge in [0.1, 0.15) is 17.3 Å². The van der Waals surface area contributed by atoms with Crippen molar-refractivity contribution in [2.75, 3.05) is 7.11 Å². The second-order valence-corrected chi connectivity index (χ2v) is 11.9. The molecule has 0 saturated carbocycles. The summed E-state index contributed by atoms with van der Waals surface area (Å²) in [7, 11) is -2.90. The van der Waals surface area contributed by atoms with Gasteiger partial charge in [-0.1, -0.05) is 81.6 Å². The summed E-state index contributed by atoms with van der Waals surface area (Å²) in [5, 5.41) is 0. The number of hydrogen-bond acceptors (Lipinski definition) is 5. The zero-order valence-corrected chi connectivity index (χ0v) is 24.2. The minimum absolute atomic E-state index is 0.268. The van der Waals surface area contributed by atoms with Gasteiger partial charge in [-0.3, -0.25) is 4.89 Å². The van der Waals surface area contributed by atoms with Gasteiger partial charge in [0, 0.05) is 10.5 Å². The van der Waals surface area contributed by atoms with Gasteiger partial charge in [-0.15, -0.1) is 0 Å². The van der Waals surface area contributed by atoms with E-state index in [1.807, 2.05) is 54.6 Å². The fraction of sp³-hybridized carbons (Fsp3) is 0.355. The molecule has 38 heavy (non-hydrogen) atoms. The van der Waals surface area contributed by atoms with E-state index >= 15 is 0 Å². The van der Waals surface area contributed by atoms with Crippen molar-refractivity contribution in [1.29, 1.82) is 0 Å². The summed E-state index contributed by atoms with van der Waals surface area (Å²) in [5.74, 6) is 1.31. The van der Waals surface area contributed by atoms with E-state index in [-0.39, 0.29) is 5.76 Å². The highest BCUT2D eigenvalue weighted by Gasteiger charge is 2.30. The summed E-state index contributed by atoms with van der Waals surface area (Å²) in [6, 6.07) is 19.4. The largest absolute Gasteiger partial charge is 0.584 e. The molecular weight excluding hydrogens is 515 g/mol. The van der Waals surface area contributed by atoms with Crippen LogP contribution in [0.1, 0.15) is 74.6 Å². The Morgan fingerprint density at radius 2 is 1.53 bits per heavy atom. The molecule has 0 aliphatic carbocycles. The van der Waals surface area contributed by atoms with E-state index in [1.165, 1.54) is 0 Å². The summed E-state index contributed by atoms with van der Waals surface area (Å²) in [4.78, 5) is 12.8. The fourth-order valence-corrected chi connectivity index (χ4v) is 6.53. The standard InChI is InChI=1S/C31H37O5PS/c1-4-6-8-13-23-19-24(14-9-7-5-2)21-26(20-23)35-37(32,33)36-29-22-25-15-10-11-18-30(25)38-31-27(29)16-12-17-28(31)34-3/h10-12,15-22H,4-9,13-14H2,1-3H3,(H,32,33). The predicted molar refractivity (Wildman–Crippen MR) is 156 cm³/mol. The van der Waals surface area contributed by atoms with Gasteiger partial charge in [-0.25, -0.2) is 4.57 Å². The summed E-state index contributed by atoms with van der Waals surface area (Å²) in [5.41, 5.74) is 3.81. The smallest absolute Gasteiger partial charge is 0.496 e. The molecule has 1 atom stereocenters. The summed E-state index contributed by atoms with van der Waals surface area (Å²) >= 11 is 1.54. The molecule has 1 N–H and O–H groups in total. The van der Waals surface area contributed by atoms with E-state index in [9.17, 15) is 9.46 Å². The molecule has 1 heterocycles. The first-order valence-corrected chi connectivity index (χ1v) is 15.7. The van der Waals surface area contributed by atoms with Gasteiger partial charge in [0.15, 0.2) is 0 Å². The van der Waals surface area contributed by atoms with Crippen LogP contribution in [0.3, 0.4) is 0 Å². The third-order valence-electron chi connectivity index (χ3n) is 6.48. The van der Waals surface area contributed by atoms with Crippen molar-refractivity contribution >= 4 is 31.4 Å². The lowest BCUT2D eigenvalue weighted by Gasteiger charge is -2.19. The van der Waals surface area contributed by atoms with Gasteiger partial charge in [-0.05, 0) is 78.8 Å². The molecule has 5 nitrogen and oxygen atoms in total. The highest BCUT2D eigenvalue weighted by molar-refractivity contribution is 7.99. The van der Waals surface area contributed by atoms with Crippen LogP contribution in [0.2, 0.25) is 0 Å². The minimum atomic E-state index is -4.51. The maximum absolute atomic E-state index is 13.4. The van der Waals surface area contributed by atoms with E-state index < -0.39 is 7.82 Å². The van der Waals surface area contributed by atoms with Crippen LogP contribution < -0.4 is 9.26 Å². The fourth-order valence-electron chi connectivity index (χ4n) is 4.58. The van der Waals surface area contributed by atoms with Crippen molar-refractivity contribution in [3.63, 3.8) is 0 Å². The number of benzene rings is 3. The van der Waals surface area contributed by atoms with E-state index in [1.54, 1.807) is 24.9 Å². The van der Waals surface area contributed by atoms with Gasteiger partial charge >= 0.3 is 7.82 Å². The third-order valence-corrected chi connectivity index (χ3v) is 8.57. The van der Waals surface area contributed by atoms with Crippen molar-refractivity contribution in [3.8, 4) is 11.5 Å². The van der Waals surface area contributed by atoms with Crippen LogP contribution in [-0.4, -0.2) is 12.0 Å². The first kappa shape index (κ1) is 28.4. The van der Waals surface area contributed by atoms with E-state index in [0.717, 1.165) is 77.8 Å². The molecule has 4 rings (SSSR count). The Morgan fingerprint density at radius 3 is 2.18 bits per heavy atom. The quantitative estimate of drug-likeness (QED) is 0.168. The number of unbranched alkanes of at least 4 members (excludes halogenated alkanes) is 4. The van der Waals surface area contributed by atoms with Crippen LogP contribution in [-0.2, 0) is 21.9 Å². The molecule has 0 spiro atoms. The molecule has 1 aliphatic heterocycles. The Balaban J connectivity index is 1.63. The maximum atomic E-state index is 13.4. The molecule has 1 unspecified atom stereocenters. The Bertz CT molecular complexity index is 1290. The molecule has 3 aromatic rings. The van der Waals surface area contributed by atoms with Crippen LogP contribution in [0.15, 0.2) is 70.5 Å². The molecule has 0 bridgehead atoms. The minimum Gasteiger partial charge on any atom is -0.496 e. The van der Waals surface area contributed by atoms with Crippen LogP contribution in [0, 0.1) is 0 Å². The van der Waals surface area contributed by atoms with Crippen LogP contribution in [0.25, 0.3) is 11.8 Å². The molecule has 202 valence electrons. The van der Waals surface area contributed by atoms with Crippen molar-refractivity contribution in [3.05, 3.63) is 82.9 Å². The lowest BCUT2D eigenvalue weighted by molar-refractivity contribution is 0.277. The van der Waals surface area contributed by atoms with Gasteiger partial charge in [0.2, 0.25) is 0 Å². The second kappa shape index (κ2) is 13.4. The Hall–Kier alpha value is -2.66. The summed E-state index contributed by atoms with van der Waals surface area (Å²) in [6.45, 7) is 4.36. The summed E-state index contributed by atoms with van der Waals surface area (Å²) in [6.07, 6.45) is 10.3. The lowest BCUT2D eigenvalue weighted by atomic mass is 10.0. The first-order chi connectivity index (χ1) is 18.4. The van der Waals surface area contributed by atoms with Crippen molar-refractivity contribution < 1.29 is 23.2 Å². The number of ether oxygens (including phenoxy) is 1. The lowest BCUT2D eigenvalue weighted by Crippen LogP contribution is -2.01. The van der Waals surface area contributed by atoms with E-state index in [4.69, 9.17) is 13.8 Å². The highest BCUT2D eigenvalue weighted by Crippen LogP contribution is 2.52. The molecule has 0 amide bonds. The molecule has 0 fully saturated rings. The topological polar surface area (TPSA) is 65.0 Å². The van der Waals surface area contributed by atoms with E-state index in [2.05, 4.69) is 19.9 Å². The average Bonchev–Trinajstić information content (AvgIpc) is 3.04. The number of phosphoric acid groups is 1. The molecule has 0 aromatic heterocycles. The zero-order valence-electron chi connectivity index (χ0n) is 22.4. The number of aryl methyl sites for hydroxylation is 2. The Morgan fingerprint density at radius 1 is 0.842 bits per heavy atom. The Kier molecular flexibility index (Phi) is 10.0. The number of fused-ring (bicyclic) bond motifs is 2. The highest BCUT2D eigenvalue weighted by atomic mass is 32.2. The van der Waals surface area contributed by atoms with Gasteiger partial charge < -0.3 is 13.8 Å². The van der Waals surface area contributed by atoms with Gasteiger partial charge in [-0.2, -0.15) is 0 Å². The first-order valence-electron chi connectivity index (χ1n) is 13.4. The molecule has 1 aliphatic rings. The molecule has 3 aromatic carbocycles. The number of hydrogen-bond donors (Lipinski definition) is 1. The van der Waals surface area contributed by atoms with Crippen molar-refractivity contribution in [2.24, 2.45) is 0 Å². The zero-order chi connectivity index (χ0) is 27.0. The summed E-state index contributed by atoms with van der Waals surface area (Å²) < 4.78 is 30.5. The average molecular weight is 553 g/mol. The van der Waals surface area contributed by atoms with Gasteiger partial charge in [0.25, 0.3) is 0 Å². The van der Waals surface area contributed by atoms with E-state index in [0.29, 0.717) is 17.1 Å². The molecular formula is C31H37O5PS. The molecule has 0 saturated heterocycles. The normalized spacial score (nSPS) is 13.9. The van der Waals surface area contributed by atoms with Crippen molar-refractivity contribution in [1.82, 2.24) is 0 Å². The number of phosphoric ester groups is 1. The SMILES string of the molecule is CCCCCc1cc(CCCCC)cc(OP(=O)(O)OC2=Cc3ccccc3Sc3c(OC)cccc32)c1. The number of methoxy groups -OCH3 is 1. The van der Waals surface area contributed by atoms with Crippen LogP contribution >= 0.6 is 19.6 Å². The molecule has 7 heteroatoms. The van der Waals surface area contributed by atoms with Crippen molar-refractivity contribution in [2.45, 2.75) is 75.0 Å². The maximum Gasteiger partial charge on any atom is 0.584 e. The third kappa shape index (κ3) is 7.47.